The van der Waals surface area contributed by atoms with Crippen molar-refractivity contribution in [1.29, 1.82) is 0 Å². The van der Waals surface area contributed by atoms with Crippen LogP contribution in [0.3, 0.4) is 0 Å². The Morgan fingerprint density at radius 1 is 1.63 bits per heavy atom. The Hall–Kier alpha value is -1.13. The molecule has 0 spiro atoms. The number of nitrogens with zero attached hydrogens (tertiary/aromatic N) is 3. The fourth-order valence-corrected chi connectivity index (χ4v) is 4.63. The van der Waals surface area contributed by atoms with E-state index < -0.39 is 21.0 Å². The molecule has 0 radical (unpaired) electrons. The lowest BCUT2D eigenvalue weighted by atomic mass is 10.4. The predicted octanol–water partition coefficient (Wildman–Crippen LogP) is -0.175. The van der Waals surface area contributed by atoms with Crippen LogP contribution >= 0.6 is 11.8 Å². The van der Waals surface area contributed by atoms with Gasteiger partial charge in [-0.05, 0) is 0 Å². The molecule has 1 aromatic heterocycles. The third-order valence-corrected chi connectivity index (χ3v) is 5.35. The van der Waals surface area contributed by atoms with Crippen LogP contribution in [-0.4, -0.2) is 48.1 Å². The number of sulfone groups is 1. The van der Waals surface area contributed by atoms with Crippen molar-refractivity contribution in [2.45, 2.75) is 5.37 Å². The van der Waals surface area contributed by atoms with E-state index in [0.717, 1.165) is 12.5 Å². The number of anilines is 2. The van der Waals surface area contributed by atoms with Crippen LogP contribution in [0.4, 0.5) is 16.2 Å². The van der Waals surface area contributed by atoms with Crippen molar-refractivity contribution < 1.29 is 12.8 Å². The van der Waals surface area contributed by atoms with Gasteiger partial charge in [-0.2, -0.15) is 16.7 Å². The maximum Gasteiger partial charge on any atom is 0.239 e. The molecule has 0 aromatic carbocycles. The highest BCUT2D eigenvalue weighted by molar-refractivity contribution is 8.01. The summed E-state index contributed by atoms with van der Waals surface area (Å²) in [6.45, 7) is 0.403. The average molecular weight is 307 g/mol. The smallest absolute Gasteiger partial charge is 0.239 e. The number of hydrazine groups is 1. The van der Waals surface area contributed by atoms with E-state index in [9.17, 15) is 12.8 Å². The van der Waals surface area contributed by atoms with Crippen LogP contribution in [0.15, 0.2) is 6.20 Å². The summed E-state index contributed by atoms with van der Waals surface area (Å²) in [4.78, 5) is 8.99. The standard InChI is InChI=1S/C9H14FN5O2S2/c1-19(16,17)7-5-18-3-2-15(7)8-6(10)4-12-9(13-8)14-11/h4,7H,2-3,5,11H2,1H3,(H,12,13,14). The van der Waals surface area contributed by atoms with Gasteiger partial charge in [-0.1, -0.05) is 0 Å². The second kappa shape index (κ2) is 5.47. The van der Waals surface area contributed by atoms with E-state index in [-0.39, 0.29) is 11.8 Å². The normalized spacial score (nSPS) is 20.4. The van der Waals surface area contributed by atoms with Gasteiger partial charge in [-0.15, -0.1) is 0 Å². The van der Waals surface area contributed by atoms with E-state index in [0.29, 0.717) is 18.1 Å². The van der Waals surface area contributed by atoms with E-state index in [1.54, 1.807) is 0 Å². The summed E-state index contributed by atoms with van der Waals surface area (Å²) >= 11 is 1.52. The quantitative estimate of drug-likeness (QED) is 0.586. The zero-order valence-corrected chi connectivity index (χ0v) is 11.8. The summed E-state index contributed by atoms with van der Waals surface area (Å²) in [6, 6.07) is 0. The zero-order valence-electron chi connectivity index (χ0n) is 10.2. The van der Waals surface area contributed by atoms with Crippen molar-refractivity contribution >= 4 is 33.4 Å². The van der Waals surface area contributed by atoms with Gasteiger partial charge in [0.2, 0.25) is 5.95 Å². The maximum absolute atomic E-state index is 13.8. The van der Waals surface area contributed by atoms with Crippen LogP contribution in [0.1, 0.15) is 0 Å². The largest absolute Gasteiger partial charge is 0.336 e. The molecule has 7 nitrogen and oxygen atoms in total. The lowest BCUT2D eigenvalue weighted by Gasteiger charge is -2.34. The number of hydrogen-bond donors (Lipinski definition) is 2. The van der Waals surface area contributed by atoms with Crippen molar-refractivity contribution in [3.05, 3.63) is 12.0 Å². The van der Waals surface area contributed by atoms with Gasteiger partial charge in [0.05, 0.1) is 6.20 Å². The lowest BCUT2D eigenvalue weighted by molar-refractivity contribution is 0.573. The third kappa shape index (κ3) is 3.07. The Morgan fingerprint density at radius 3 is 3.00 bits per heavy atom. The summed E-state index contributed by atoms with van der Waals surface area (Å²) < 4.78 is 37.4. The number of nitrogens with two attached hydrogens (primary N) is 1. The van der Waals surface area contributed by atoms with Gasteiger partial charge in [-0.3, -0.25) is 5.43 Å². The van der Waals surface area contributed by atoms with Crippen molar-refractivity contribution in [3.8, 4) is 0 Å². The molecule has 0 bridgehead atoms. The lowest BCUT2D eigenvalue weighted by Crippen LogP contribution is -2.47. The Kier molecular flexibility index (Phi) is 4.11. The molecule has 0 saturated carbocycles. The SMILES string of the molecule is CS(=O)(=O)C1CSCCN1c1nc(NN)ncc1F. The second-order valence-corrected chi connectivity index (χ2v) is 7.42. The summed E-state index contributed by atoms with van der Waals surface area (Å²) in [7, 11) is -3.33. The van der Waals surface area contributed by atoms with Gasteiger partial charge in [0.25, 0.3) is 0 Å². The van der Waals surface area contributed by atoms with E-state index in [1.165, 1.54) is 16.7 Å². The molecule has 1 fully saturated rings. The highest BCUT2D eigenvalue weighted by Crippen LogP contribution is 2.27. The molecule has 1 aromatic rings. The summed E-state index contributed by atoms with van der Waals surface area (Å²) in [6.07, 6.45) is 2.11. The van der Waals surface area contributed by atoms with Gasteiger partial charge in [-0.25, -0.2) is 23.6 Å². The van der Waals surface area contributed by atoms with E-state index in [4.69, 9.17) is 5.84 Å². The molecule has 1 aliphatic rings. The highest BCUT2D eigenvalue weighted by atomic mass is 32.2. The zero-order chi connectivity index (χ0) is 14.0. The van der Waals surface area contributed by atoms with Crippen LogP contribution in [0.25, 0.3) is 0 Å². The minimum Gasteiger partial charge on any atom is -0.336 e. The highest BCUT2D eigenvalue weighted by Gasteiger charge is 2.33. The summed E-state index contributed by atoms with van der Waals surface area (Å²) in [5.41, 5.74) is 2.22. The van der Waals surface area contributed by atoms with E-state index in [1.807, 2.05) is 0 Å². The molecule has 3 N–H and O–H groups in total. The molecule has 1 saturated heterocycles. The Labute approximate surface area is 114 Å². The van der Waals surface area contributed by atoms with Gasteiger partial charge < -0.3 is 4.90 Å². The average Bonchev–Trinajstić information content (AvgIpc) is 2.38. The van der Waals surface area contributed by atoms with Crippen LogP contribution in [0.5, 0.6) is 0 Å². The molecule has 1 atom stereocenters. The summed E-state index contributed by atoms with van der Waals surface area (Å²) in [5.74, 6) is 5.61. The predicted molar refractivity (Wildman–Crippen MR) is 73.1 cm³/mol. The molecule has 106 valence electrons. The summed E-state index contributed by atoms with van der Waals surface area (Å²) in [5, 5.41) is -0.790. The van der Waals surface area contributed by atoms with E-state index in [2.05, 4.69) is 15.4 Å². The molecule has 0 amide bonds. The van der Waals surface area contributed by atoms with Crippen LogP contribution in [0.2, 0.25) is 0 Å². The number of aromatic nitrogens is 2. The number of halogens is 1. The van der Waals surface area contributed by atoms with Crippen LogP contribution in [-0.2, 0) is 9.84 Å². The number of rotatable bonds is 3. The van der Waals surface area contributed by atoms with Crippen molar-refractivity contribution in [3.63, 3.8) is 0 Å². The van der Waals surface area contributed by atoms with Gasteiger partial charge in [0.15, 0.2) is 21.5 Å². The fraction of sp³-hybridized carbons (Fsp3) is 0.556. The molecule has 1 aliphatic heterocycles. The first-order valence-corrected chi connectivity index (χ1v) is 8.57. The monoisotopic (exact) mass is 307 g/mol. The van der Waals surface area contributed by atoms with Crippen molar-refractivity contribution in [1.82, 2.24) is 9.97 Å². The first-order chi connectivity index (χ1) is 8.93. The number of nitrogen functional groups attached to an aromatic ring is 1. The Bertz CT molecular complexity index is 568. The minimum atomic E-state index is -3.33. The van der Waals surface area contributed by atoms with E-state index >= 15 is 0 Å². The van der Waals surface area contributed by atoms with Crippen LogP contribution < -0.4 is 16.2 Å². The second-order valence-electron chi connectivity index (χ2n) is 4.06. The van der Waals surface area contributed by atoms with Gasteiger partial charge in [0.1, 0.15) is 5.37 Å². The number of nitrogens with one attached hydrogen (secondary N) is 1. The Morgan fingerprint density at radius 2 is 2.37 bits per heavy atom. The molecule has 2 heterocycles. The first-order valence-electron chi connectivity index (χ1n) is 5.46. The molecule has 1 unspecified atom stereocenters. The molecule has 2 rings (SSSR count). The topological polar surface area (TPSA) is 101 Å². The first kappa shape index (κ1) is 14.3. The molecule has 19 heavy (non-hydrogen) atoms. The maximum atomic E-state index is 13.8. The fourth-order valence-electron chi connectivity index (χ4n) is 1.81. The van der Waals surface area contributed by atoms with Crippen molar-refractivity contribution in [2.75, 3.05) is 34.6 Å². The third-order valence-electron chi connectivity index (χ3n) is 2.71. The minimum absolute atomic E-state index is 0.0429. The van der Waals surface area contributed by atoms with Crippen LogP contribution in [0, 0.1) is 5.82 Å². The molecular weight excluding hydrogens is 293 g/mol. The van der Waals surface area contributed by atoms with Gasteiger partial charge >= 0.3 is 0 Å². The van der Waals surface area contributed by atoms with Crippen molar-refractivity contribution in [2.24, 2.45) is 5.84 Å². The molecule has 0 aliphatic carbocycles. The Balaban J connectivity index is 2.42. The number of hydrogen-bond acceptors (Lipinski definition) is 8. The molecular formula is C9H14FN5O2S2. The van der Waals surface area contributed by atoms with Gasteiger partial charge in [0, 0.05) is 24.3 Å². The molecule has 10 heteroatoms. The number of thioether (sulfide) groups is 1.